The lowest BCUT2D eigenvalue weighted by Gasteiger charge is -2.19. The van der Waals surface area contributed by atoms with Gasteiger partial charge in [-0.05, 0) is 51.3 Å². The summed E-state index contributed by atoms with van der Waals surface area (Å²) in [4.78, 5) is 11.9. The molecule has 21 heavy (non-hydrogen) atoms. The van der Waals surface area contributed by atoms with Crippen LogP contribution in [0.3, 0.4) is 0 Å². The zero-order chi connectivity index (χ0) is 15.8. The number of para-hydroxylation sites is 1. The van der Waals surface area contributed by atoms with Gasteiger partial charge in [-0.2, -0.15) is 0 Å². The van der Waals surface area contributed by atoms with Crippen LogP contribution in [0.5, 0.6) is 5.75 Å². The van der Waals surface area contributed by atoms with Crippen molar-refractivity contribution in [1.29, 1.82) is 0 Å². The van der Waals surface area contributed by atoms with Crippen LogP contribution in [0, 0.1) is 13.8 Å². The van der Waals surface area contributed by atoms with Crippen molar-refractivity contribution in [3.63, 3.8) is 0 Å². The molecule has 2 unspecified atom stereocenters. The Balaban J connectivity index is 2.43. The molecule has 1 aromatic rings. The third-order valence-electron chi connectivity index (χ3n) is 3.33. The Morgan fingerprint density at radius 1 is 1.33 bits per heavy atom. The lowest BCUT2D eigenvalue weighted by atomic mass is 10.1. The van der Waals surface area contributed by atoms with E-state index in [0.29, 0.717) is 19.6 Å². The minimum Gasteiger partial charge on any atom is -0.491 e. The molecule has 1 aromatic carbocycles. The van der Waals surface area contributed by atoms with Gasteiger partial charge in [0.2, 0.25) is 5.91 Å². The summed E-state index contributed by atoms with van der Waals surface area (Å²) < 4.78 is 5.82. The maximum atomic E-state index is 11.9. The number of rotatable bonds is 8. The topological polar surface area (TPSA) is 90.4 Å². The van der Waals surface area contributed by atoms with E-state index in [-0.39, 0.29) is 11.9 Å². The van der Waals surface area contributed by atoms with Crippen LogP contribution in [-0.4, -0.2) is 31.1 Å². The van der Waals surface area contributed by atoms with Gasteiger partial charge in [0.15, 0.2) is 0 Å². The fourth-order valence-electron chi connectivity index (χ4n) is 2.10. The van der Waals surface area contributed by atoms with Gasteiger partial charge in [-0.25, -0.2) is 0 Å². The van der Waals surface area contributed by atoms with Crippen LogP contribution in [0.2, 0.25) is 0 Å². The Hall–Kier alpha value is -1.59. The average molecular weight is 293 g/mol. The fourth-order valence-corrected chi connectivity index (χ4v) is 2.10. The van der Waals surface area contributed by atoms with Gasteiger partial charge in [-0.3, -0.25) is 4.79 Å². The van der Waals surface area contributed by atoms with Gasteiger partial charge < -0.3 is 21.5 Å². The van der Waals surface area contributed by atoms with Crippen LogP contribution in [0.25, 0.3) is 0 Å². The molecule has 118 valence electrons. The summed E-state index contributed by atoms with van der Waals surface area (Å²) in [5.74, 6) is 0.729. The Morgan fingerprint density at radius 2 is 1.95 bits per heavy atom. The van der Waals surface area contributed by atoms with Crippen molar-refractivity contribution in [3.05, 3.63) is 29.3 Å². The number of carbonyl (C=O) groups is 1. The van der Waals surface area contributed by atoms with E-state index in [1.165, 1.54) is 0 Å². The number of carbonyl (C=O) groups excluding carboxylic acids is 1. The molecule has 5 nitrogen and oxygen atoms in total. The zero-order valence-electron chi connectivity index (χ0n) is 13.2. The van der Waals surface area contributed by atoms with E-state index in [0.717, 1.165) is 23.3 Å². The third kappa shape index (κ3) is 5.73. The van der Waals surface area contributed by atoms with E-state index in [1.54, 1.807) is 0 Å². The molecule has 1 amide bonds. The Bertz CT molecular complexity index is 443. The van der Waals surface area contributed by atoms with Crippen molar-refractivity contribution in [1.82, 2.24) is 5.32 Å². The smallest absolute Gasteiger partial charge is 0.237 e. The molecule has 0 bridgehead atoms. The predicted octanol–water partition coefficient (Wildman–Crippen LogP) is 1.25. The van der Waals surface area contributed by atoms with Gasteiger partial charge in [-0.15, -0.1) is 0 Å². The minimum absolute atomic E-state index is 0.0968. The zero-order valence-corrected chi connectivity index (χ0v) is 13.2. The Morgan fingerprint density at radius 3 is 2.52 bits per heavy atom. The second kappa shape index (κ2) is 8.64. The highest BCUT2D eigenvalue weighted by molar-refractivity contribution is 5.81. The van der Waals surface area contributed by atoms with Crippen molar-refractivity contribution < 1.29 is 9.53 Å². The first-order valence-electron chi connectivity index (χ1n) is 7.40. The molecule has 0 aliphatic heterocycles. The number of nitrogens with one attached hydrogen (secondary N) is 1. The van der Waals surface area contributed by atoms with Gasteiger partial charge in [0, 0.05) is 0 Å². The monoisotopic (exact) mass is 293 g/mol. The molecule has 0 saturated carbocycles. The third-order valence-corrected chi connectivity index (χ3v) is 3.33. The van der Waals surface area contributed by atoms with Crippen molar-refractivity contribution in [2.75, 3.05) is 13.2 Å². The van der Waals surface area contributed by atoms with Gasteiger partial charge in [0.25, 0.3) is 0 Å². The number of aryl methyl sites for hydroxylation is 2. The molecule has 5 heteroatoms. The van der Waals surface area contributed by atoms with E-state index in [4.69, 9.17) is 16.2 Å². The summed E-state index contributed by atoms with van der Waals surface area (Å²) in [5.41, 5.74) is 13.4. The largest absolute Gasteiger partial charge is 0.491 e. The van der Waals surface area contributed by atoms with Gasteiger partial charge in [0.1, 0.15) is 12.4 Å². The molecule has 5 N–H and O–H groups in total. The van der Waals surface area contributed by atoms with Crippen LogP contribution in [-0.2, 0) is 4.79 Å². The quantitative estimate of drug-likeness (QED) is 0.673. The van der Waals surface area contributed by atoms with Crippen molar-refractivity contribution in [2.24, 2.45) is 11.5 Å². The summed E-state index contributed by atoms with van der Waals surface area (Å²) in [6.07, 6.45) is 1.36. The second-order valence-corrected chi connectivity index (χ2v) is 5.48. The van der Waals surface area contributed by atoms with Gasteiger partial charge >= 0.3 is 0 Å². The first kappa shape index (κ1) is 17.5. The number of nitrogens with two attached hydrogens (primary N) is 2. The number of amides is 1. The summed E-state index contributed by atoms with van der Waals surface area (Å²) in [6, 6.07) is 5.42. The standard InChI is InChI=1S/C16H27N3O2/c1-11-6-4-7-12(2)15(11)21-10-13(3)19-16(20)14(18)8-5-9-17/h4,6-7,13-14H,5,8-10,17-18H2,1-3H3,(H,19,20). The molecule has 0 aliphatic carbocycles. The molecule has 0 fully saturated rings. The molecule has 1 rings (SSSR count). The van der Waals surface area contributed by atoms with Gasteiger partial charge in [-0.1, -0.05) is 18.2 Å². The fraction of sp³-hybridized carbons (Fsp3) is 0.562. The molecule has 0 saturated heterocycles. The van der Waals surface area contributed by atoms with Crippen LogP contribution in [0.15, 0.2) is 18.2 Å². The molecule has 0 aromatic heterocycles. The number of hydrogen-bond donors (Lipinski definition) is 3. The van der Waals surface area contributed by atoms with Crippen LogP contribution in [0.4, 0.5) is 0 Å². The first-order valence-corrected chi connectivity index (χ1v) is 7.40. The first-order chi connectivity index (χ1) is 9.95. The van der Waals surface area contributed by atoms with Crippen molar-refractivity contribution in [3.8, 4) is 5.75 Å². The number of benzene rings is 1. The highest BCUT2D eigenvalue weighted by Gasteiger charge is 2.16. The van der Waals surface area contributed by atoms with E-state index in [9.17, 15) is 4.79 Å². The lowest BCUT2D eigenvalue weighted by molar-refractivity contribution is -0.123. The predicted molar refractivity (Wildman–Crippen MR) is 85.3 cm³/mol. The summed E-state index contributed by atoms with van der Waals surface area (Å²) in [5, 5.41) is 2.87. The Labute approximate surface area is 127 Å². The summed E-state index contributed by atoms with van der Waals surface area (Å²) in [6.45, 7) is 6.89. The Kier molecular flexibility index (Phi) is 7.19. The second-order valence-electron chi connectivity index (χ2n) is 5.48. The van der Waals surface area contributed by atoms with Crippen LogP contribution < -0.4 is 21.5 Å². The summed E-state index contributed by atoms with van der Waals surface area (Å²) >= 11 is 0. The van der Waals surface area contributed by atoms with E-state index < -0.39 is 6.04 Å². The highest BCUT2D eigenvalue weighted by Crippen LogP contribution is 2.22. The van der Waals surface area contributed by atoms with Crippen molar-refractivity contribution in [2.45, 2.75) is 45.7 Å². The molecule has 0 radical (unpaired) electrons. The van der Waals surface area contributed by atoms with E-state index in [2.05, 4.69) is 5.32 Å². The van der Waals surface area contributed by atoms with Crippen LogP contribution >= 0.6 is 0 Å². The normalized spacial score (nSPS) is 13.6. The van der Waals surface area contributed by atoms with Crippen molar-refractivity contribution >= 4 is 5.91 Å². The average Bonchev–Trinajstić information content (AvgIpc) is 2.44. The SMILES string of the molecule is Cc1cccc(C)c1OCC(C)NC(=O)C(N)CCCN. The van der Waals surface area contributed by atoms with E-state index >= 15 is 0 Å². The van der Waals surface area contributed by atoms with Gasteiger partial charge in [0.05, 0.1) is 12.1 Å². The molecule has 0 aliphatic rings. The maximum Gasteiger partial charge on any atom is 0.237 e. The highest BCUT2D eigenvalue weighted by atomic mass is 16.5. The molecular formula is C16H27N3O2. The number of ether oxygens (including phenoxy) is 1. The maximum absolute atomic E-state index is 11.9. The molecule has 0 heterocycles. The number of hydrogen-bond acceptors (Lipinski definition) is 4. The minimum atomic E-state index is -0.504. The van der Waals surface area contributed by atoms with E-state index in [1.807, 2.05) is 39.0 Å². The molecular weight excluding hydrogens is 266 g/mol. The van der Waals surface area contributed by atoms with Crippen LogP contribution in [0.1, 0.15) is 30.9 Å². The lowest BCUT2D eigenvalue weighted by Crippen LogP contribution is -2.46. The molecule has 0 spiro atoms. The molecule has 2 atom stereocenters. The summed E-state index contributed by atoms with van der Waals surface area (Å²) in [7, 11) is 0.